The molecule has 36 valence electrons. The Bertz CT molecular complexity index is 159. The minimum Gasteiger partial charge on any atom is -0.0623 e. The Morgan fingerprint density at radius 1 is 1.43 bits per heavy atom. The molecule has 0 radical (unpaired) electrons. The van der Waals surface area contributed by atoms with Gasteiger partial charge in [0.25, 0.3) is 0 Å². The van der Waals surface area contributed by atoms with Gasteiger partial charge in [0.1, 0.15) is 0 Å². The zero-order valence-electron chi connectivity index (χ0n) is 4.28. The fourth-order valence-corrected chi connectivity index (χ4v) is 2.14. The van der Waals surface area contributed by atoms with Crippen LogP contribution in [0, 0.1) is 11.8 Å². The van der Waals surface area contributed by atoms with Crippen LogP contribution >= 0.6 is 0 Å². The highest BCUT2D eigenvalue weighted by atomic mass is 14.7. The van der Waals surface area contributed by atoms with Crippen molar-refractivity contribution in [3.05, 3.63) is 11.1 Å². The van der Waals surface area contributed by atoms with E-state index >= 15 is 0 Å². The summed E-state index contributed by atoms with van der Waals surface area (Å²) in [5.74, 6) is 2.26. The molecule has 0 nitrogen and oxygen atoms in total. The predicted molar refractivity (Wildman–Crippen MR) is 27.9 cm³/mol. The van der Waals surface area contributed by atoms with Crippen molar-refractivity contribution in [3.8, 4) is 0 Å². The molecule has 0 heteroatoms. The molecule has 0 aromatic heterocycles. The van der Waals surface area contributed by atoms with Crippen LogP contribution < -0.4 is 0 Å². The van der Waals surface area contributed by atoms with Crippen LogP contribution in [0.5, 0.6) is 0 Å². The van der Waals surface area contributed by atoms with Crippen molar-refractivity contribution < 1.29 is 0 Å². The largest absolute Gasteiger partial charge is 0.0623 e. The zero-order valence-corrected chi connectivity index (χ0v) is 4.28. The van der Waals surface area contributed by atoms with Gasteiger partial charge in [-0.05, 0) is 25.2 Å². The van der Waals surface area contributed by atoms with Gasteiger partial charge in [0.2, 0.25) is 0 Å². The lowest BCUT2D eigenvalue weighted by molar-refractivity contribution is 0.558. The molecule has 0 aromatic rings. The Morgan fingerprint density at radius 3 is 2.57 bits per heavy atom. The summed E-state index contributed by atoms with van der Waals surface area (Å²) in [5, 5.41) is 0. The Morgan fingerprint density at radius 2 is 2.29 bits per heavy atom. The van der Waals surface area contributed by atoms with Gasteiger partial charge in [-0.1, -0.05) is 11.1 Å². The average Bonchev–Trinajstić information content (AvgIpc) is 2.53. The summed E-state index contributed by atoms with van der Waals surface area (Å²) in [6, 6.07) is 0. The summed E-state index contributed by atoms with van der Waals surface area (Å²) in [7, 11) is 0. The molecule has 4 aliphatic rings. The molecule has 2 bridgehead atoms. The van der Waals surface area contributed by atoms with Crippen LogP contribution in [-0.2, 0) is 0 Å². The molecule has 2 unspecified atom stereocenters. The first-order chi connectivity index (χ1) is 3.48. The number of rotatable bonds is 0. The standard InChI is InChI=1S/C7H8/c1-2-4-6-5(3-1)7(4)6/h4,6H,1-3H2. The van der Waals surface area contributed by atoms with E-state index in [4.69, 9.17) is 0 Å². The third kappa shape index (κ3) is 0.170. The minimum absolute atomic E-state index is 1.12. The molecule has 4 aliphatic carbocycles. The van der Waals surface area contributed by atoms with Gasteiger partial charge in [-0.2, -0.15) is 0 Å². The van der Waals surface area contributed by atoms with Crippen molar-refractivity contribution >= 4 is 0 Å². The quantitative estimate of drug-likeness (QED) is 0.399. The van der Waals surface area contributed by atoms with Crippen molar-refractivity contribution in [1.29, 1.82) is 0 Å². The van der Waals surface area contributed by atoms with Crippen molar-refractivity contribution in [2.75, 3.05) is 0 Å². The molecular weight excluding hydrogens is 84.1 g/mol. The third-order valence-electron chi connectivity index (χ3n) is 2.65. The van der Waals surface area contributed by atoms with Crippen LogP contribution in [-0.4, -0.2) is 0 Å². The summed E-state index contributed by atoms with van der Waals surface area (Å²) in [5.41, 5.74) is 3.74. The van der Waals surface area contributed by atoms with Gasteiger partial charge in [0.05, 0.1) is 0 Å². The first-order valence-electron chi connectivity index (χ1n) is 3.21. The van der Waals surface area contributed by atoms with Gasteiger partial charge >= 0.3 is 0 Å². The molecule has 0 amide bonds. The van der Waals surface area contributed by atoms with Gasteiger partial charge in [-0.15, -0.1) is 0 Å². The van der Waals surface area contributed by atoms with E-state index in [0.29, 0.717) is 0 Å². The smallest absolute Gasteiger partial charge is 0.00818 e. The minimum atomic E-state index is 1.12. The molecule has 0 aromatic carbocycles. The summed E-state index contributed by atoms with van der Waals surface area (Å²) in [6.45, 7) is 0. The molecule has 7 heavy (non-hydrogen) atoms. The fourth-order valence-electron chi connectivity index (χ4n) is 2.14. The second-order valence-electron chi connectivity index (χ2n) is 2.96. The molecule has 0 saturated heterocycles. The average molecular weight is 92.1 g/mol. The van der Waals surface area contributed by atoms with E-state index in [1.165, 1.54) is 19.3 Å². The second kappa shape index (κ2) is 0.594. The van der Waals surface area contributed by atoms with Gasteiger partial charge in [-0.25, -0.2) is 0 Å². The van der Waals surface area contributed by atoms with Crippen LogP contribution in [0.25, 0.3) is 0 Å². The molecule has 2 fully saturated rings. The maximum Gasteiger partial charge on any atom is 0.00818 e. The second-order valence-corrected chi connectivity index (χ2v) is 2.96. The summed E-state index contributed by atoms with van der Waals surface area (Å²) >= 11 is 0. The first-order valence-corrected chi connectivity index (χ1v) is 3.21. The molecule has 2 atom stereocenters. The predicted octanol–water partition coefficient (Wildman–Crippen LogP) is 1.73. The normalized spacial score (nSPS) is 51.4. The van der Waals surface area contributed by atoms with E-state index in [9.17, 15) is 0 Å². The van der Waals surface area contributed by atoms with Crippen LogP contribution in [0.1, 0.15) is 19.3 Å². The fraction of sp³-hybridized carbons (Fsp3) is 0.714. The summed E-state index contributed by atoms with van der Waals surface area (Å²) in [6.07, 6.45) is 4.50. The van der Waals surface area contributed by atoms with Gasteiger partial charge < -0.3 is 0 Å². The van der Waals surface area contributed by atoms with Crippen LogP contribution in [0.15, 0.2) is 11.1 Å². The Balaban J connectivity index is 2.14. The summed E-state index contributed by atoms with van der Waals surface area (Å²) in [4.78, 5) is 0. The highest BCUT2D eigenvalue weighted by molar-refractivity contribution is 5.61. The lowest BCUT2D eigenvalue weighted by Gasteiger charge is -2.09. The topological polar surface area (TPSA) is 0 Å². The Kier molecular flexibility index (Phi) is 0.247. The molecule has 0 spiro atoms. The van der Waals surface area contributed by atoms with E-state index < -0.39 is 0 Å². The number of allylic oxidation sites excluding steroid dienone is 2. The zero-order chi connectivity index (χ0) is 4.43. The first kappa shape index (κ1) is 2.91. The van der Waals surface area contributed by atoms with E-state index in [0.717, 1.165) is 11.8 Å². The lowest BCUT2D eigenvalue weighted by Crippen LogP contribution is -1.96. The van der Waals surface area contributed by atoms with Gasteiger partial charge in [-0.3, -0.25) is 0 Å². The Labute approximate surface area is 43.2 Å². The van der Waals surface area contributed by atoms with Gasteiger partial charge in [0.15, 0.2) is 0 Å². The SMILES string of the molecule is C1CC2=C3C(C1)C23. The van der Waals surface area contributed by atoms with E-state index in [-0.39, 0.29) is 0 Å². The molecule has 0 heterocycles. The third-order valence-corrected chi connectivity index (χ3v) is 2.65. The van der Waals surface area contributed by atoms with E-state index in [1.54, 1.807) is 0 Å². The molecule has 0 aliphatic heterocycles. The lowest BCUT2D eigenvalue weighted by atomic mass is 9.95. The van der Waals surface area contributed by atoms with Crippen LogP contribution in [0.4, 0.5) is 0 Å². The number of fused-ring (bicyclic) bond motifs is 2. The van der Waals surface area contributed by atoms with E-state index in [2.05, 4.69) is 0 Å². The molecule has 0 N–H and O–H groups in total. The van der Waals surface area contributed by atoms with E-state index in [1.807, 2.05) is 11.1 Å². The number of hydrogen-bond acceptors (Lipinski definition) is 0. The molecule has 4 rings (SSSR count). The van der Waals surface area contributed by atoms with Crippen molar-refractivity contribution in [2.24, 2.45) is 11.8 Å². The summed E-state index contributed by atoms with van der Waals surface area (Å²) < 4.78 is 0. The molecular formula is C7H8. The monoisotopic (exact) mass is 92.1 g/mol. The van der Waals surface area contributed by atoms with Crippen molar-refractivity contribution in [3.63, 3.8) is 0 Å². The van der Waals surface area contributed by atoms with Crippen molar-refractivity contribution in [1.82, 2.24) is 0 Å². The Hall–Kier alpha value is -0.260. The maximum absolute atomic E-state index is 1.88. The highest BCUT2D eigenvalue weighted by Gasteiger charge is 2.62. The van der Waals surface area contributed by atoms with Crippen molar-refractivity contribution in [2.45, 2.75) is 19.3 Å². The molecule has 2 saturated carbocycles. The highest BCUT2D eigenvalue weighted by Crippen LogP contribution is 2.73. The maximum atomic E-state index is 1.88. The van der Waals surface area contributed by atoms with Gasteiger partial charge in [0, 0.05) is 5.92 Å². The van der Waals surface area contributed by atoms with Crippen LogP contribution in [0.2, 0.25) is 0 Å². The number of hydrogen-bond donors (Lipinski definition) is 0. The van der Waals surface area contributed by atoms with Crippen LogP contribution in [0.3, 0.4) is 0 Å².